The molecular formula is C9H10BrClO3. The van der Waals surface area contributed by atoms with Crippen LogP contribution in [-0.4, -0.2) is 29.5 Å². The average molecular weight is 282 g/mol. The Bertz CT molecular complexity index is 306. The highest BCUT2D eigenvalue weighted by atomic mass is 79.9. The topological polar surface area (TPSA) is 49.7 Å². The van der Waals surface area contributed by atoms with E-state index in [1.54, 1.807) is 18.2 Å². The van der Waals surface area contributed by atoms with Crippen LogP contribution in [0.1, 0.15) is 0 Å². The number of rotatable bonds is 4. The third-order valence-corrected chi connectivity index (χ3v) is 2.32. The van der Waals surface area contributed by atoms with Gasteiger partial charge in [0.05, 0.1) is 11.6 Å². The van der Waals surface area contributed by atoms with Crippen molar-refractivity contribution in [1.82, 2.24) is 0 Å². The minimum Gasteiger partial charge on any atom is -0.489 e. The third kappa shape index (κ3) is 3.46. The molecule has 0 bridgehead atoms. The summed E-state index contributed by atoms with van der Waals surface area (Å²) in [6.07, 6.45) is -0.880. The molecule has 0 saturated carbocycles. The zero-order valence-electron chi connectivity index (χ0n) is 7.28. The summed E-state index contributed by atoms with van der Waals surface area (Å²) in [5, 5.41) is 18.1. The molecule has 0 spiro atoms. The van der Waals surface area contributed by atoms with Crippen molar-refractivity contribution in [2.75, 3.05) is 13.2 Å². The van der Waals surface area contributed by atoms with E-state index in [0.717, 1.165) is 4.47 Å². The lowest BCUT2D eigenvalue weighted by Crippen LogP contribution is -2.21. The Morgan fingerprint density at radius 3 is 2.79 bits per heavy atom. The maximum Gasteiger partial charge on any atom is 0.138 e. The number of aliphatic hydroxyl groups excluding tert-OH is 2. The minimum atomic E-state index is -0.880. The summed E-state index contributed by atoms with van der Waals surface area (Å²) in [6.45, 7) is -0.300. The van der Waals surface area contributed by atoms with Crippen molar-refractivity contribution < 1.29 is 14.9 Å². The lowest BCUT2D eigenvalue weighted by Gasteiger charge is -2.10. The minimum absolute atomic E-state index is 0.0256. The fourth-order valence-corrected chi connectivity index (χ4v) is 1.56. The number of benzene rings is 1. The Morgan fingerprint density at radius 1 is 1.50 bits per heavy atom. The predicted molar refractivity (Wildman–Crippen MR) is 57.7 cm³/mol. The van der Waals surface area contributed by atoms with Crippen molar-refractivity contribution in [3.8, 4) is 5.75 Å². The van der Waals surface area contributed by atoms with Gasteiger partial charge >= 0.3 is 0 Å². The molecule has 0 amide bonds. The molecule has 1 aromatic rings. The van der Waals surface area contributed by atoms with Crippen LogP contribution in [0.25, 0.3) is 0 Å². The fourth-order valence-electron chi connectivity index (χ4n) is 0.831. The first-order chi connectivity index (χ1) is 6.63. The summed E-state index contributed by atoms with van der Waals surface area (Å²) in [5.74, 6) is 0.488. The van der Waals surface area contributed by atoms with Crippen LogP contribution in [0, 0.1) is 0 Å². The van der Waals surface area contributed by atoms with Crippen LogP contribution in [0.3, 0.4) is 0 Å². The van der Waals surface area contributed by atoms with Gasteiger partial charge in [-0.15, -0.1) is 0 Å². The first-order valence-corrected chi connectivity index (χ1v) is 5.17. The van der Waals surface area contributed by atoms with Gasteiger partial charge in [0.15, 0.2) is 0 Å². The molecule has 0 unspecified atom stereocenters. The maximum atomic E-state index is 9.04. The van der Waals surface area contributed by atoms with Gasteiger partial charge in [-0.2, -0.15) is 0 Å². The van der Waals surface area contributed by atoms with Gasteiger partial charge in [0.25, 0.3) is 0 Å². The Balaban J connectivity index is 2.59. The molecule has 78 valence electrons. The van der Waals surface area contributed by atoms with Crippen molar-refractivity contribution in [3.05, 3.63) is 27.7 Å². The van der Waals surface area contributed by atoms with Crippen LogP contribution in [-0.2, 0) is 0 Å². The highest BCUT2D eigenvalue weighted by Crippen LogP contribution is 2.27. The molecule has 0 aliphatic carbocycles. The van der Waals surface area contributed by atoms with E-state index in [9.17, 15) is 0 Å². The molecule has 0 aliphatic heterocycles. The van der Waals surface area contributed by atoms with Crippen molar-refractivity contribution >= 4 is 27.5 Å². The second kappa shape index (κ2) is 5.56. The monoisotopic (exact) mass is 280 g/mol. The third-order valence-electron chi connectivity index (χ3n) is 1.54. The molecule has 1 aromatic carbocycles. The normalized spacial score (nSPS) is 12.6. The molecule has 0 aliphatic rings. The summed E-state index contributed by atoms with van der Waals surface area (Å²) in [7, 11) is 0. The quantitative estimate of drug-likeness (QED) is 0.885. The van der Waals surface area contributed by atoms with Crippen LogP contribution in [0.5, 0.6) is 5.75 Å². The van der Waals surface area contributed by atoms with E-state index >= 15 is 0 Å². The molecule has 0 fully saturated rings. The first-order valence-electron chi connectivity index (χ1n) is 4.00. The van der Waals surface area contributed by atoms with Gasteiger partial charge < -0.3 is 14.9 Å². The summed E-state index contributed by atoms with van der Waals surface area (Å²) in [6, 6.07) is 5.17. The van der Waals surface area contributed by atoms with E-state index in [1.165, 1.54) is 0 Å². The number of halogens is 2. The van der Waals surface area contributed by atoms with Gasteiger partial charge in [0, 0.05) is 4.47 Å². The zero-order valence-corrected chi connectivity index (χ0v) is 9.62. The van der Waals surface area contributed by atoms with Gasteiger partial charge in [-0.1, -0.05) is 27.5 Å². The van der Waals surface area contributed by atoms with Crippen LogP contribution in [0.4, 0.5) is 0 Å². The van der Waals surface area contributed by atoms with Gasteiger partial charge in [-0.25, -0.2) is 0 Å². The number of hydrogen-bond acceptors (Lipinski definition) is 3. The van der Waals surface area contributed by atoms with E-state index < -0.39 is 6.10 Å². The summed E-state index contributed by atoms with van der Waals surface area (Å²) >= 11 is 9.12. The highest BCUT2D eigenvalue weighted by molar-refractivity contribution is 9.10. The Hall–Kier alpha value is -0.290. The SMILES string of the molecule is OC[C@H](O)COc1ccc(Br)cc1Cl. The standard InChI is InChI=1S/C9H10BrClO3/c10-6-1-2-9(8(11)3-6)14-5-7(13)4-12/h1-3,7,12-13H,4-5H2/t7-/m0/s1. The number of ether oxygens (including phenoxy) is 1. The van der Waals surface area contributed by atoms with E-state index in [0.29, 0.717) is 10.8 Å². The van der Waals surface area contributed by atoms with Crippen LogP contribution >= 0.6 is 27.5 Å². The molecule has 1 rings (SSSR count). The van der Waals surface area contributed by atoms with E-state index in [4.69, 9.17) is 26.6 Å². The van der Waals surface area contributed by atoms with E-state index in [-0.39, 0.29) is 13.2 Å². The lowest BCUT2D eigenvalue weighted by molar-refractivity contribution is 0.0536. The molecule has 5 heteroatoms. The summed E-state index contributed by atoms with van der Waals surface area (Å²) in [4.78, 5) is 0. The maximum absolute atomic E-state index is 9.04. The van der Waals surface area contributed by atoms with Gasteiger partial charge in [0.2, 0.25) is 0 Å². The molecule has 3 nitrogen and oxygen atoms in total. The second-order valence-corrected chi connectivity index (χ2v) is 4.05. The Kier molecular flexibility index (Phi) is 4.68. The smallest absolute Gasteiger partial charge is 0.138 e. The largest absolute Gasteiger partial charge is 0.489 e. The fraction of sp³-hybridized carbons (Fsp3) is 0.333. The van der Waals surface area contributed by atoms with E-state index in [1.807, 2.05) is 0 Å². The molecule has 1 atom stereocenters. The molecule has 14 heavy (non-hydrogen) atoms. The molecular weight excluding hydrogens is 271 g/mol. The first kappa shape index (κ1) is 11.8. The average Bonchev–Trinajstić information content (AvgIpc) is 2.16. The van der Waals surface area contributed by atoms with Gasteiger partial charge in [0.1, 0.15) is 18.5 Å². The molecule has 2 N–H and O–H groups in total. The number of hydrogen-bond donors (Lipinski definition) is 2. The Morgan fingerprint density at radius 2 is 2.21 bits per heavy atom. The van der Waals surface area contributed by atoms with Gasteiger partial charge in [-0.05, 0) is 18.2 Å². The highest BCUT2D eigenvalue weighted by Gasteiger charge is 2.06. The molecule has 0 aromatic heterocycles. The van der Waals surface area contributed by atoms with Crippen LogP contribution in [0.15, 0.2) is 22.7 Å². The van der Waals surface area contributed by atoms with Crippen LogP contribution < -0.4 is 4.74 Å². The summed E-state index contributed by atoms with van der Waals surface area (Å²) < 4.78 is 6.04. The van der Waals surface area contributed by atoms with Gasteiger partial charge in [-0.3, -0.25) is 0 Å². The van der Waals surface area contributed by atoms with Crippen molar-refractivity contribution in [2.45, 2.75) is 6.10 Å². The van der Waals surface area contributed by atoms with Crippen molar-refractivity contribution in [3.63, 3.8) is 0 Å². The van der Waals surface area contributed by atoms with Crippen molar-refractivity contribution in [1.29, 1.82) is 0 Å². The summed E-state index contributed by atoms with van der Waals surface area (Å²) in [5.41, 5.74) is 0. The predicted octanol–water partition coefficient (Wildman–Crippen LogP) is 1.83. The van der Waals surface area contributed by atoms with Crippen molar-refractivity contribution in [2.24, 2.45) is 0 Å². The molecule has 0 heterocycles. The lowest BCUT2D eigenvalue weighted by atomic mass is 10.3. The van der Waals surface area contributed by atoms with E-state index in [2.05, 4.69) is 15.9 Å². The number of aliphatic hydroxyl groups is 2. The molecule has 0 saturated heterocycles. The Labute approximate surface area is 95.4 Å². The molecule has 0 radical (unpaired) electrons. The zero-order chi connectivity index (χ0) is 10.6. The van der Waals surface area contributed by atoms with Crippen LogP contribution in [0.2, 0.25) is 5.02 Å². The second-order valence-electron chi connectivity index (χ2n) is 2.72.